The summed E-state index contributed by atoms with van der Waals surface area (Å²) < 4.78 is 0.926. The summed E-state index contributed by atoms with van der Waals surface area (Å²) in [4.78, 5) is 42.3. The fourth-order valence-electron chi connectivity index (χ4n) is 3.38. The van der Waals surface area contributed by atoms with Gasteiger partial charge in [0.15, 0.2) is 11.6 Å². The highest BCUT2D eigenvalue weighted by Gasteiger charge is 2.29. The van der Waals surface area contributed by atoms with E-state index in [4.69, 9.17) is 0 Å². The summed E-state index contributed by atoms with van der Waals surface area (Å²) in [6, 6.07) is 16.9. The van der Waals surface area contributed by atoms with Gasteiger partial charge in [-0.15, -0.1) is 11.3 Å². The maximum Gasteiger partial charge on any atom is 0.255 e. The summed E-state index contributed by atoms with van der Waals surface area (Å²) in [7, 11) is 0. The normalized spacial score (nSPS) is 12.6. The van der Waals surface area contributed by atoms with E-state index in [-0.39, 0.29) is 17.5 Å². The van der Waals surface area contributed by atoms with Crippen LogP contribution in [-0.4, -0.2) is 22.5 Å². The lowest BCUT2D eigenvalue weighted by atomic mass is 9.84. The van der Waals surface area contributed by atoms with Crippen molar-refractivity contribution in [2.45, 2.75) is 0 Å². The highest BCUT2D eigenvalue weighted by atomic mass is 32.1. The zero-order chi connectivity index (χ0) is 19.3. The number of nitrogens with one attached hydrogen (secondary N) is 1. The summed E-state index contributed by atoms with van der Waals surface area (Å²) >= 11 is 1.46. The van der Waals surface area contributed by atoms with E-state index >= 15 is 0 Å². The van der Waals surface area contributed by atoms with Crippen molar-refractivity contribution < 1.29 is 14.4 Å². The first kappa shape index (κ1) is 16.5. The van der Waals surface area contributed by atoms with Crippen molar-refractivity contribution in [1.29, 1.82) is 0 Å². The molecule has 0 bridgehead atoms. The molecule has 28 heavy (non-hydrogen) atoms. The summed E-state index contributed by atoms with van der Waals surface area (Å²) in [5.41, 5.74) is 5.01. The SMILES string of the molecule is O=C(Nc1ccc2c(c1)C(=O)c1ccccc1C2=O)c1ccc2ncsc2c1. The minimum Gasteiger partial charge on any atom is -0.322 e. The molecule has 6 heteroatoms. The standard InChI is InChI=1S/C22H12N2O3S/c25-20-14-3-1-2-4-15(14)21(26)17-10-13(6-7-16(17)20)24-22(27)12-5-8-18-19(9-12)28-11-23-18/h1-11H,(H,24,27). The number of nitrogens with zero attached hydrogens (tertiary/aromatic N) is 1. The Bertz CT molecular complexity index is 1310. The van der Waals surface area contributed by atoms with Crippen molar-refractivity contribution in [1.82, 2.24) is 4.98 Å². The number of fused-ring (bicyclic) bond motifs is 3. The number of amides is 1. The van der Waals surface area contributed by atoms with Crippen LogP contribution in [0.5, 0.6) is 0 Å². The van der Waals surface area contributed by atoms with Crippen LogP contribution in [0.25, 0.3) is 10.2 Å². The second kappa shape index (κ2) is 6.21. The highest BCUT2D eigenvalue weighted by molar-refractivity contribution is 7.16. The number of benzene rings is 3. The van der Waals surface area contributed by atoms with E-state index in [0.717, 1.165) is 10.2 Å². The number of anilines is 1. The van der Waals surface area contributed by atoms with E-state index in [0.29, 0.717) is 33.5 Å². The van der Waals surface area contributed by atoms with Gasteiger partial charge in [0.05, 0.1) is 15.7 Å². The van der Waals surface area contributed by atoms with Crippen LogP contribution in [0.15, 0.2) is 66.2 Å². The van der Waals surface area contributed by atoms with Crippen LogP contribution < -0.4 is 5.32 Å². The van der Waals surface area contributed by atoms with Crippen LogP contribution in [0.4, 0.5) is 5.69 Å². The lowest BCUT2D eigenvalue weighted by Gasteiger charge is -2.18. The topological polar surface area (TPSA) is 76.1 Å². The van der Waals surface area contributed by atoms with Crippen molar-refractivity contribution >= 4 is 44.7 Å². The molecule has 1 aromatic heterocycles. The zero-order valence-corrected chi connectivity index (χ0v) is 15.2. The Morgan fingerprint density at radius 2 is 1.54 bits per heavy atom. The molecule has 0 unspecified atom stereocenters. The van der Waals surface area contributed by atoms with Crippen molar-refractivity contribution in [2.24, 2.45) is 0 Å². The first-order valence-electron chi connectivity index (χ1n) is 8.59. The van der Waals surface area contributed by atoms with Gasteiger partial charge in [-0.1, -0.05) is 24.3 Å². The van der Waals surface area contributed by atoms with Crippen molar-refractivity contribution in [3.05, 3.63) is 94.0 Å². The van der Waals surface area contributed by atoms with Gasteiger partial charge in [0.25, 0.3) is 5.91 Å². The van der Waals surface area contributed by atoms with Crippen molar-refractivity contribution in [2.75, 3.05) is 5.32 Å². The third-order valence-electron chi connectivity index (χ3n) is 4.78. The van der Waals surface area contributed by atoms with E-state index in [9.17, 15) is 14.4 Å². The molecule has 3 aromatic carbocycles. The van der Waals surface area contributed by atoms with Crippen LogP contribution >= 0.6 is 11.3 Å². The third-order valence-corrected chi connectivity index (χ3v) is 5.57. The molecule has 5 nitrogen and oxygen atoms in total. The number of carbonyl (C=O) groups is 3. The molecule has 0 atom stereocenters. The van der Waals surface area contributed by atoms with Gasteiger partial charge in [-0.3, -0.25) is 14.4 Å². The largest absolute Gasteiger partial charge is 0.322 e. The minimum absolute atomic E-state index is 0.182. The molecule has 0 fully saturated rings. The molecule has 1 N–H and O–H groups in total. The van der Waals surface area contributed by atoms with E-state index in [1.165, 1.54) is 11.3 Å². The molecule has 134 valence electrons. The molecule has 0 aliphatic heterocycles. The zero-order valence-electron chi connectivity index (χ0n) is 14.4. The van der Waals surface area contributed by atoms with Gasteiger partial charge in [-0.25, -0.2) is 4.98 Å². The van der Waals surface area contributed by atoms with Gasteiger partial charge in [0.1, 0.15) is 0 Å². The van der Waals surface area contributed by atoms with Gasteiger partial charge >= 0.3 is 0 Å². The number of aromatic nitrogens is 1. The van der Waals surface area contributed by atoms with Crippen LogP contribution in [0.3, 0.4) is 0 Å². The lowest BCUT2D eigenvalue weighted by Crippen LogP contribution is -2.21. The van der Waals surface area contributed by atoms with Crippen LogP contribution in [0.2, 0.25) is 0 Å². The van der Waals surface area contributed by atoms with E-state index in [1.807, 2.05) is 0 Å². The predicted octanol–water partition coefficient (Wildman–Crippen LogP) is 4.32. The van der Waals surface area contributed by atoms with E-state index < -0.39 is 0 Å². The number of rotatable bonds is 2. The monoisotopic (exact) mass is 384 g/mol. The summed E-state index contributed by atoms with van der Waals surface area (Å²) in [5, 5.41) is 2.81. The fourth-order valence-corrected chi connectivity index (χ4v) is 4.09. The van der Waals surface area contributed by atoms with Gasteiger partial charge < -0.3 is 5.32 Å². The Morgan fingerprint density at radius 1 is 0.821 bits per heavy atom. The fraction of sp³-hybridized carbons (Fsp3) is 0. The Balaban J connectivity index is 1.48. The predicted molar refractivity (Wildman–Crippen MR) is 107 cm³/mol. The van der Waals surface area contributed by atoms with Gasteiger partial charge in [0.2, 0.25) is 0 Å². The number of carbonyl (C=O) groups excluding carboxylic acids is 3. The second-order valence-corrected chi connectivity index (χ2v) is 7.34. The molecule has 1 heterocycles. The first-order chi connectivity index (χ1) is 13.6. The second-order valence-electron chi connectivity index (χ2n) is 6.45. The maximum atomic E-state index is 12.8. The lowest BCUT2D eigenvalue weighted by molar-refractivity contribution is 0.0979. The van der Waals surface area contributed by atoms with E-state index in [1.54, 1.807) is 66.2 Å². The molecule has 0 spiro atoms. The Kier molecular flexibility index (Phi) is 3.67. The van der Waals surface area contributed by atoms with Crippen molar-refractivity contribution in [3.8, 4) is 0 Å². The molecule has 5 rings (SSSR count). The first-order valence-corrected chi connectivity index (χ1v) is 9.47. The third kappa shape index (κ3) is 2.54. The summed E-state index contributed by atoms with van der Waals surface area (Å²) in [5.74, 6) is -0.684. The molecule has 1 aliphatic rings. The van der Waals surface area contributed by atoms with Crippen LogP contribution in [0.1, 0.15) is 42.2 Å². The average Bonchev–Trinajstić information content (AvgIpc) is 3.20. The molecule has 0 saturated carbocycles. The summed E-state index contributed by atoms with van der Waals surface area (Å²) in [6.45, 7) is 0. The Morgan fingerprint density at radius 3 is 2.32 bits per heavy atom. The van der Waals surface area contributed by atoms with E-state index in [2.05, 4.69) is 10.3 Å². The molecular formula is C22H12N2O3S. The molecule has 0 radical (unpaired) electrons. The summed E-state index contributed by atoms with van der Waals surface area (Å²) in [6.07, 6.45) is 0. The van der Waals surface area contributed by atoms with Crippen LogP contribution in [0, 0.1) is 0 Å². The van der Waals surface area contributed by atoms with Crippen molar-refractivity contribution in [3.63, 3.8) is 0 Å². The quantitative estimate of drug-likeness (QED) is 0.492. The number of hydrogen-bond donors (Lipinski definition) is 1. The number of hydrogen-bond acceptors (Lipinski definition) is 5. The maximum absolute atomic E-state index is 12.8. The molecule has 0 saturated heterocycles. The molecule has 4 aromatic rings. The average molecular weight is 384 g/mol. The minimum atomic E-state index is -0.287. The highest BCUT2D eigenvalue weighted by Crippen LogP contribution is 2.29. The molecular weight excluding hydrogens is 372 g/mol. The Hall–Kier alpha value is -3.64. The van der Waals surface area contributed by atoms with Gasteiger partial charge in [-0.05, 0) is 36.4 Å². The van der Waals surface area contributed by atoms with Gasteiger partial charge in [0, 0.05) is 33.5 Å². The van der Waals surface area contributed by atoms with Gasteiger partial charge in [-0.2, -0.15) is 0 Å². The number of thiazole rings is 1. The number of ketones is 2. The van der Waals surface area contributed by atoms with Crippen LogP contribution in [-0.2, 0) is 0 Å². The molecule has 1 aliphatic carbocycles. The Labute approximate surface area is 163 Å². The molecule has 1 amide bonds. The smallest absolute Gasteiger partial charge is 0.255 e.